The van der Waals surface area contributed by atoms with Crippen molar-refractivity contribution in [2.45, 2.75) is 10.7 Å². The molecule has 0 fully saturated rings. The first-order valence-electron chi connectivity index (χ1n) is 5.63. The van der Waals surface area contributed by atoms with Crippen LogP contribution in [0.25, 0.3) is 0 Å². The molecule has 0 saturated heterocycles. The molecule has 0 radical (unpaired) electrons. The van der Waals surface area contributed by atoms with Gasteiger partial charge in [0.1, 0.15) is 5.82 Å². The lowest BCUT2D eigenvalue weighted by Crippen LogP contribution is -2.15. The van der Waals surface area contributed by atoms with Crippen molar-refractivity contribution in [1.29, 1.82) is 0 Å². The molecule has 1 amide bonds. The molecule has 2 rings (SSSR count). The van der Waals surface area contributed by atoms with E-state index in [9.17, 15) is 13.6 Å². The molecule has 0 spiro atoms. The van der Waals surface area contributed by atoms with E-state index in [1.54, 1.807) is 24.3 Å². The van der Waals surface area contributed by atoms with Gasteiger partial charge in [0, 0.05) is 11.1 Å². The number of carbonyl (C=O) groups excluding carboxylic acids is 1. The molecule has 0 unspecified atom stereocenters. The molecule has 104 valence electrons. The quantitative estimate of drug-likeness (QED) is 0.850. The summed E-state index contributed by atoms with van der Waals surface area (Å²) in [6.45, 7) is 0. The van der Waals surface area contributed by atoms with E-state index in [1.165, 1.54) is 18.3 Å². The van der Waals surface area contributed by atoms with Crippen LogP contribution in [0.3, 0.4) is 0 Å². The van der Waals surface area contributed by atoms with Crippen molar-refractivity contribution >= 4 is 29.2 Å². The number of amides is 1. The Balaban J connectivity index is 2.22. The SMILES string of the molecule is Nc1ncccc1C(=O)Nc1ccccc1SC(F)F. The van der Waals surface area contributed by atoms with Crippen LogP contribution >= 0.6 is 11.8 Å². The predicted octanol–water partition coefficient (Wildman–Crippen LogP) is 3.23. The summed E-state index contributed by atoms with van der Waals surface area (Å²) in [4.78, 5) is 16.1. The van der Waals surface area contributed by atoms with E-state index in [0.29, 0.717) is 22.3 Å². The molecular weight excluding hydrogens is 284 g/mol. The average Bonchev–Trinajstić information content (AvgIpc) is 2.41. The van der Waals surface area contributed by atoms with Crippen molar-refractivity contribution in [2.24, 2.45) is 0 Å². The number of halogens is 2. The van der Waals surface area contributed by atoms with E-state index in [0.717, 1.165) is 0 Å². The maximum Gasteiger partial charge on any atom is 0.288 e. The minimum Gasteiger partial charge on any atom is -0.383 e. The maximum absolute atomic E-state index is 12.4. The first kappa shape index (κ1) is 14.3. The summed E-state index contributed by atoms with van der Waals surface area (Å²) in [5, 5.41) is 2.56. The Bertz CT molecular complexity index is 622. The topological polar surface area (TPSA) is 68.0 Å². The van der Waals surface area contributed by atoms with E-state index in [2.05, 4.69) is 10.3 Å². The fraction of sp³-hybridized carbons (Fsp3) is 0.0769. The van der Waals surface area contributed by atoms with Gasteiger partial charge < -0.3 is 11.1 Å². The summed E-state index contributed by atoms with van der Waals surface area (Å²) in [6, 6.07) is 9.43. The number of nitrogens with zero attached hydrogens (tertiary/aromatic N) is 1. The monoisotopic (exact) mass is 295 g/mol. The van der Waals surface area contributed by atoms with Gasteiger partial charge in [0.2, 0.25) is 0 Å². The molecule has 1 heterocycles. The summed E-state index contributed by atoms with van der Waals surface area (Å²) in [7, 11) is 0. The standard InChI is InChI=1S/C13H11F2N3OS/c14-13(15)20-10-6-2-1-5-9(10)18-12(19)8-4-3-7-17-11(8)16/h1-7,13H,(H2,16,17)(H,18,19). The minimum absolute atomic E-state index is 0.0870. The second-order valence-electron chi connectivity index (χ2n) is 3.76. The number of nitrogens with two attached hydrogens (primary N) is 1. The molecule has 7 heteroatoms. The number of carbonyl (C=O) groups is 1. The van der Waals surface area contributed by atoms with Crippen molar-refractivity contribution in [1.82, 2.24) is 4.98 Å². The van der Waals surface area contributed by atoms with Crippen LogP contribution in [0.15, 0.2) is 47.5 Å². The Labute approximate surface area is 118 Å². The molecular formula is C13H11F2N3OS. The normalized spacial score (nSPS) is 10.6. The molecule has 1 aromatic heterocycles. The third-order valence-corrected chi connectivity index (χ3v) is 3.22. The highest BCUT2D eigenvalue weighted by Gasteiger charge is 2.14. The number of aromatic nitrogens is 1. The second-order valence-corrected chi connectivity index (χ2v) is 4.80. The van der Waals surface area contributed by atoms with Gasteiger partial charge in [-0.3, -0.25) is 4.79 Å². The molecule has 1 aromatic carbocycles. The van der Waals surface area contributed by atoms with Gasteiger partial charge in [0.05, 0.1) is 11.3 Å². The fourth-order valence-corrected chi connectivity index (χ4v) is 2.16. The number of rotatable bonds is 4. The van der Waals surface area contributed by atoms with Gasteiger partial charge in [0.25, 0.3) is 11.7 Å². The first-order chi connectivity index (χ1) is 9.58. The number of benzene rings is 1. The van der Waals surface area contributed by atoms with Crippen LogP contribution in [0, 0.1) is 0 Å². The van der Waals surface area contributed by atoms with E-state index in [1.807, 2.05) is 0 Å². The van der Waals surface area contributed by atoms with Crippen LogP contribution in [0.1, 0.15) is 10.4 Å². The molecule has 4 nitrogen and oxygen atoms in total. The van der Waals surface area contributed by atoms with E-state index in [-0.39, 0.29) is 11.4 Å². The lowest BCUT2D eigenvalue weighted by molar-refractivity contribution is 0.102. The Kier molecular flexibility index (Phi) is 4.52. The molecule has 0 atom stereocenters. The van der Waals surface area contributed by atoms with Gasteiger partial charge in [-0.1, -0.05) is 23.9 Å². The van der Waals surface area contributed by atoms with Crippen molar-refractivity contribution in [3.05, 3.63) is 48.2 Å². The highest BCUT2D eigenvalue weighted by molar-refractivity contribution is 7.99. The molecule has 0 aliphatic rings. The number of para-hydroxylation sites is 1. The van der Waals surface area contributed by atoms with Crippen LogP contribution < -0.4 is 11.1 Å². The molecule has 0 aliphatic heterocycles. The van der Waals surface area contributed by atoms with Crippen LogP contribution in [-0.4, -0.2) is 16.6 Å². The lowest BCUT2D eigenvalue weighted by Gasteiger charge is -2.10. The van der Waals surface area contributed by atoms with Crippen molar-refractivity contribution in [2.75, 3.05) is 11.1 Å². The zero-order valence-corrected chi connectivity index (χ0v) is 11.0. The Morgan fingerprint density at radius 2 is 2.00 bits per heavy atom. The summed E-state index contributed by atoms with van der Waals surface area (Å²) >= 11 is 0.371. The summed E-state index contributed by atoms with van der Waals surface area (Å²) in [5.41, 5.74) is 6.11. The number of hydrogen-bond acceptors (Lipinski definition) is 4. The van der Waals surface area contributed by atoms with E-state index in [4.69, 9.17) is 5.73 Å². The van der Waals surface area contributed by atoms with Crippen molar-refractivity contribution < 1.29 is 13.6 Å². The molecule has 3 N–H and O–H groups in total. The number of pyridine rings is 1. The molecule has 20 heavy (non-hydrogen) atoms. The lowest BCUT2D eigenvalue weighted by atomic mass is 10.2. The summed E-state index contributed by atoms with van der Waals surface area (Å²) < 4.78 is 24.9. The minimum atomic E-state index is -2.56. The van der Waals surface area contributed by atoms with Gasteiger partial charge in [-0.05, 0) is 24.3 Å². The Hall–Kier alpha value is -2.15. The fourth-order valence-electron chi connectivity index (χ4n) is 1.57. The third kappa shape index (κ3) is 3.45. The van der Waals surface area contributed by atoms with E-state index >= 15 is 0 Å². The average molecular weight is 295 g/mol. The van der Waals surface area contributed by atoms with Gasteiger partial charge in [-0.2, -0.15) is 8.78 Å². The van der Waals surface area contributed by atoms with Crippen LogP contribution in [0.2, 0.25) is 0 Å². The smallest absolute Gasteiger partial charge is 0.288 e. The van der Waals surface area contributed by atoms with Gasteiger partial charge in [0.15, 0.2) is 0 Å². The summed E-state index contributed by atoms with van der Waals surface area (Å²) in [5.74, 6) is -2.96. The largest absolute Gasteiger partial charge is 0.383 e. The number of alkyl halides is 2. The van der Waals surface area contributed by atoms with Crippen molar-refractivity contribution in [3.63, 3.8) is 0 Å². The van der Waals surface area contributed by atoms with E-state index < -0.39 is 11.7 Å². The zero-order chi connectivity index (χ0) is 14.5. The maximum atomic E-state index is 12.4. The highest BCUT2D eigenvalue weighted by atomic mass is 32.2. The molecule has 0 bridgehead atoms. The zero-order valence-electron chi connectivity index (χ0n) is 10.2. The Morgan fingerprint density at radius 1 is 1.25 bits per heavy atom. The number of anilines is 2. The predicted molar refractivity (Wildman–Crippen MR) is 74.9 cm³/mol. The van der Waals surface area contributed by atoms with Gasteiger partial charge >= 0.3 is 0 Å². The number of nitrogens with one attached hydrogen (secondary N) is 1. The van der Waals surface area contributed by atoms with Crippen LogP contribution in [0.5, 0.6) is 0 Å². The number of hydrogen-bond donors (Lipinski definition) is 2. The van der Waals surface area contributed by atoms with Crippen molar-refractivity contribution in [3.8, 4) is 0 Å². The second kappa shape index (κ2) is 6.33. The van der Waals surface area contributed by atoms with Gasteiger partial charge in [-0.25, -0.2) is 4.98 Å². The first-order valence-corrected chi connectivity index (χ1v) is 6.51. The van der Waals surface area contributed by atoms with Crippen LogP contribution in [0.4, 0.5) is 20.3 Å². The highest BCUT2D eigenvalue weighted by Crippen LogP contribution is 2.31. The number of nitrogen functional groups attached to an aromatic ring is 1. The summed E-state index contributed by atoms with van der Waals surface area (Å²) in [6.07, 6.45) is 1.46. The van der Waals surface area contributed by atoms with Gasteiger partial charge in [-0.15, -0.1) is 0 Å². The Morgan fingerprint density at radius 3 is 2.70 bits per heavy atom. The number of thioether (sulfide) groups is 1. The molecule has 0 saturated carbocycles. The molecule has 2 aromatic rings. The van der Waals surface area contributed by atoms with Crippen LogP contribution in [-0.2, 0) is 0 Å². The third-order valence-electron chi connectivity index (χ3n) is 2.43. The molecule has 0 aliphatic carbocycles.